The van der Waals surface area contributed by atoms with Crippen molar-refractivity contribution in [2.45, 2.75) is 11.4 Å². The van der Waals surface area contributed by atoms with Gasteiger partial charge in [0.15, 0.2) is 0 Å². The molecule has 0 bridgehead atoms. The van der Waals surface area contributed by atoms with Crippen LogP contribution in [0.15, 0.2) is 53.4 Å². The van der Waals surface area contributed by atoms with Crippen molar-refractivity contribution in [3.05, 3.63) is 65.2 Å². The van der Waals surface area contributed by atoms with E-state index in [-0.39, 0.29) is 36.3 Å². The Morgan fingerprint density at radius 2 is 1.76 bits per heavy atom. The number of hydrogen-bond acceptors (Lipinski definition) is 6. The number of piperazine rings is 2. The molecule has 0 aromatic heterocycles. The first kappa shape index (κ1) is 22.9. The summed E-state index contributed by atoms with van der Waals surface area (Å²) in [6, 6.07) is 15.6. The Balaban J connectivity index is 1.39. The van der Waals surface area contributed by atoms with Crippen LogP contribution in [0.4, 0.5) is 0 Å². The molecule has 2 amide bonds. The summed E-state index contributed by atoms with van der Waals surface area (Å²) in [6.45, 7) is 3.47. The van der Waals surface area contributed by atoms with E-state index in [2.05, 4.69) is 16.3 Å². The van der Waals surface area contributed by atoms with Gasteiger partial charge in [-0.2, -0.15) is 9.57 Å². The minimum Gasteiger partial charge on any atom is -0.354 e. The fourth-order valence-electron chi connectivity index (χ4n) is 3.99. The van der Waals surface area contributed by atoms with Crippen molar-refractivity contribution < 1.29 is 18.0 Å². The molecule has 10 heteroatoms. The third-order valence-electron chi connectivity index (χ3n) is 5.87. The first-order chi connectivity index (χ1) is 15.9. The number of benzene rings is 2. The van der Waals surface area contributed by atoms with E-state index in [1.807, 2.05) is 12.1 Å². The average molecular weight is 468 g/mol. The molecule has 0 saturated carbocycles. The van der Waals surface area contributed by atoms with Gasteiger partial charge in [-0.25, -0.2) is 8.42 Å². The van der Waals surface area contributed by atoms with Crippen LogP contribution in [0, 0.1) is 11.3 Å². The van der Waals surface area contributed by atoms with Gasteiger partial charge in [0.05, 0.1) is 23.1 Å². The van der Waals surface area contributed by atoms with Gasteiger partial charge < -0.3 is 10.2 Å². The number of carbonyl (C=O) groups is 2. The highest BCUT2D eigenvalue weighted by Gasteiger charge is 2.30. The molecule has 2 aliphatic heterocycles. The number of nitrogens with one attached hydrogen (secondary N) is 1. The summed E-state index contributed by atoms with van der Waals surface area (Å²) in [5.41, 5.74) is 2.05. The molecule has 0 unspecified atom stereocenters. The van der Waals surface area contributed by atoms with Gasteiger partial charge in [0.25, 0.3) is 5.91 Å². The van der Waals surface area contributed by atoms with Crippen molar-refractivity contribution in [3.8, 4) is 6.07 Å². The normalized spacial score (nSPS) is 17.9. The fraction of sp³-hybridized carbons (Fsp3) is 0.348. The maximum atomic E-state index is 13.0. The number of nitrogens with zero attached hydrogens (tertiary/aromatic N) is 4. The second-order valence-corrected chi connectivity index (χ2v) is 10.0. The standard InChI is InChI=1S/C23H25N5O4S/c24-15-18-4-6-19(7-5-18)16-26-10-12-27(13-11-26)23(30)20-2-1-3-21(14-20)33(31,32)28-9-8-25-22(29)17-28/h1-7,14H,8-13,16-17H2,(H,25,29). The first-order valence-electron chi connectivity index (χ1n) is 10.7. The van der Waals surface area contributed by atoms with E-state index in [1.54, 1.807) is 29.2 Å². The Labute approximate surface area is 193 Å². The van der Waals surface area contributed by atoms with Gasteiger partial charge in [0, 0.05) is 51.4 Å². The van der Waals surface area contributed by atoms with Crippen molar-refractivity contribution >= 4 is 21.8 Å². The Hall–Kier alpha value is -3.26. The molecular formula is C23H25N5O4S. The SMILES string of the molecule is N#Cc1ccc(CN2CCN(C(=O)c3cccc(S(=O)(=O)N4CCNC(=O)C4)c3)CC2)cc1. The molecule has 0 aliphatic carbocycles. The summed E-state index contributed by atoms with van der Waals surface area (Å²) in [7, 11) is -3.86. The molecule has 33 heavy (non-hydrogen) atoms. The topological polar surface area (TPSA) is 114 Å². The minimum atomic E-state index is -3.86. The number of nitriles is 1. The molecule has 2 fully saturated rings. The van der Waals surface area contributed by atoms with E-state index in [1.165, 1.54) is 12.1 Å². The number of carbonyl (C=O) groups excluding carboxylic acids is 2. The smallest absolute Gasteiger partial charge is 0.253 e. The van der Waals surface area contributed by atoms with Gasteiger partial charge >= 0.3 is 0 Å². The summed E-state index contributed by atoms with van der Waals surface area (Å²) in [4.78, 5) is 28.6. The van der Waals surface area contributed by atoms with Crippen LogP contribution < -0.4 is 5.32 Å². The monoisotopic (exact) mass is 467 g/mol. The Bertz CT molecular complexity index is 1180. The van der Waals surface area contributed by atoms with Crippen molar-refractivity contribution in [1.82, 2.24) is 19.4 Å². The number of sulfonamides is 1. The van der Waals surface area contributed by atoms with E-state index >= 15 is 0 Å². The van der Waals surface area contributed by atoms with Crippen LogP contribution in [0.3, 0.4) is 0 Å². The summed E-state index contributed by atoms with van der Waals surface area (Å²) < 4.78 is 27.0. The van der Waals surface area contributed by atoms with E-state index < -0.39 is 10.0 Å². The van der Waals surface area contributed by atoms with Crippen LogP contribution in [-0.2, 0) is 21.4 Å². The third kappa shape index (κ3) is 5.22. The van der Waals surface area contributed by atoms with Gasteiger partial charge in [-0.05, 0) is 35.9 Å². The Kier molecular flexibility index (Phi) is 6.74. The molecule has 2 heterocycles. The average Bonchev–Trinajstić information content (AvgIpc) is 2.84. The largest absolute Gasteiger partial charge is 0.354 e. The summed E-state index contributed by atoms with van der Waals surface area (Å²) in [5, 5.41) is 11.5. The summed E-state index contributed by atoms with van der Waals surface area (Å²) in [6.07, 6.45) is 0. The van der Waals surface area contributed by atoms with Crippen LogP contribution in [0.2, 0.25) is 0 Å². The lowest BCUT2D eigenvalue weighted by atomic mass is 10.1. The molecule has 0 radical (unpaired) electrons. The van der Waals surface area contributed by atoms with E-state index in [0.717, 1.165) is 16.4 Å². The molecule has 172 valence electrons. The quantitative estimate of drug-likeness (QED) is 0.690. The predicted octanol–water partition coefficient (Wildman–Crippen LogP) is 0.637. The van der Waals surface area contributed by atoms with Crippen LogP contribution >= 0.6 is 0 Å². The lowest BCUT2D eigenvalue weighted by molar-refractivity contribution is -0.122. The summed E-state index contributed by atoms with van der Waals surface area (Å²) >= 11 is 0. The maximum Gasteiger partial charge on any atom is 0.253 e. The van der Waals surface area contributed by atoms with Crippen LogP contribution in [-0.4, -0.2) is 80.2 Å². The molecule has 2 aromatic rings. The van der Waals surface area contributed by atoms with Gasteiger partial charge in [-0.3, -0.25) is 14.5 Å². The van der Waals surface area contributed by atoms with Gasteiger partial charge in [0.2, 0.25) is 15.9 Å². The van der Waals surface area contributed by atoms with Crippen molar-refractivity contribution in [2.75, 3.05) is 45.8 Å². The zero-order valence-corrected chi connectivity index (χ0v) is 18.9. The van der Waals surface area contributed by atoms with Gasteiger partial charge in [0.1, 0.15) is 0 Å². The highest BCUT2D eigenvalue weighted by atomic mass is 32.2. The zero-order chi connectivity index (χ0) is 23.4. The highest BCUT2D eigenvalue weighted by molar-refractivity contribution is 7.89. The molecular weight excluding hydrogens is 442 g/mol. The van der Waals surface area contributed by atoms with Crippen LogP contribution in [0.5, 0.6) is 0 Å². The van der Waals surface area contributed by atoms with E-state index in [9.17, 15) is 18.0 Å². The van der Waals surface area contributed by atoms with Gasteiger partial charge in [-0.1, -0.05) is 18.2 Å². The Morgan fingerprint density at radius 3 is 2.42 bits per heavy atom. The van der Waals surface area contributed by atoms with Crippen molar-refractivity contribution in [1.29, 1.82) is 5.26 Å². The summed E-state index contributed by atoms with van der Waals surface area (Å²) in [5.74, 6) is -0.544. The first-order valence-corrected chi connectivity index (χ1v) is 12.2. The van der Waals surface area contributed by atoms with Crippen LogP contribution in [0.1, 0.15) is 21.5 Å². The number of amides is 2. The fourth-order valence-corrected chi connectivity index (χ4v) is 5.44. The van der Waals surface area contributed by atoms with Crippen molar-refractivity contribution in [3.63, 3.8) is 0 Å². The zero-order valence-electron chi connectivity index (χ0n) is 18.1. The molecule has 1 N–H and O–H groups in total. The minimum absolute atomic E-state index is 0.0162. The molecule has 0 spiro atoms. The Morgan fingerprint density at radius 1 is 1.03 bits per heavy atom. The van der Waals surface area contributed by atoms with E-state index in [0.29, 0.717) is 37.3 Å². The van der Waals surface area contributed by atoms with Gasteiger partial charge in [-0.15, -0.1) is 0 Å². The van der Waals surface area contributed by atoms with Crippen molar-refractivity contribution in [2.24, 2.45) is 0 Å². The molecule has 0 atom stereocenters. The van der Waals surface area contributed by atoms with Crippen LogP contribution in [0.25, 0.3) is 0 Å². The lowest BCUT2D eigenvalue weighted by Gasteiger charge is -2.35. The molecule has 2 saturated heterocycles. The second-order valence-electron chi connectivity index (χ2n) is 8.09. The second kappa shape index (κ2) is 9.70. The number of rotatable bonds is 5. The maximum absolute atomic E-state index is 13.0. The molecule has 4 rings (SSSR count). The van der Waals surface area contributed by atoms with E-state index in [4.69, 9.17) is 5.26 Å². The number of hydrogen-bond donors (Lipinski definition) is 1. The predicted molar refractivity (Wildman–Crippen MR) is 121 cm³/mol. The third-order valence-corrected chi connectivity index (χ3v) is 7.71. The molecule has 9 nitrogen and oxygen atoms in total. The molecule has 2 aliphatic rings. The lowest BCUT2D eigenvalue weighted by Crippen LogP contribution is -2.50. The molecule has 2 aromatic carbocycles. The highest BCUT2D eigenvalue weighted by Crippen LogP contribution is 2.19.